The third-order valence-corrected chi connectivity index (χ3v) is 6.83. The van der Waals surface area contributed by atoms with Crippen molar-refractivity contribution in [2.45, 2.75) is 88.5 Å². The molecule has 0 radical (unpaired) electrons. The van der Waals surface area contributed by atoms with Crippen molar-refractivity contribution in [1.29, 1.82) is 0 Å². The maximum absolute atomic E-state index is 11.6. The quantitative estimate of drug-likeness (QED) is 0.290. The third kappa shape index (κ3) is 7.25. The number of allylic oxidation sites excluding steroid dienone is 1. The molecule has 0 aliphatic heterocycles. The average molecular weight is 441 g/mol. The summed E-state index contributed by atoms with van der Waals surface area (Å²) in [6, 6.07) is 7.17. The van der Waals surface area contributed by atoms with Crippen LogP contribution in [0.1, 0.15) is 87.1 Å². The van der Waals surface area contributed by atoms with E-state index in [2.05, 4.69) is 74.5 Å². The Kier molecular flexibility index (Phi) is 7.75. The van der Waals surface area contributed by atoms with Gasteiger partial charge in [0.05, 0.1) is 0 Å². The summed E-state index contributed by atoms with van der Waals surface area (Å²) in [5.41, 5.74) is 2.18. The predicted octanol–water partition coefficient (Wildman–Crippen LogP) is 8.33. The summed E-state index contributed by atoms with van der Waals surface area (Å²) in [5.74, 6) is 0.709. The lowest BCUT2D eigenvalue weighted by Crippen LogP contribution is -2.39. The zero-order valence-electron chi connectivity index (χ0n) is 22.0. The molecule has 2 rings (SSSR count). The minimum atomic E-state index is -0.331. The smallest absolute Gasteiger partial charge is 0.336 e. The SMILES string of the molecule is Cc1cc(=O)oc2cc(OC/C=C/CC(C)(C)CC(C)(C)C(C)(C)CC(C)(C)C)ccc12. The number of benzene rings is 1. The molecule has 0 aliphatic rings. The van der Waals surface area contributed by atoms with E-state index in [1.54, 1.807) is 6.07 Å². The summed E-state index contributed by atoms with van der Waals surface area (Å²) in [5, 5.41) is 0.936. The molecule has 0 saturated heterocycles. The standard InChI is InChI=1S/C29H44O3/c1-21-17-25(30)32-24-18-22(13-14-23(21)24)31-16-12-11-15-27(5,6)20-29(9,10)28(7,8)19-26(2,3)4/h11-14,17-18H,15-16,19-20H2,1-10H3/b12-11+. The molecule has 2 aromatic rings. The Bertz CT molecular complexity index is 997. The highest BCUT2D eigenvalue weighted by Gasteiger charge is 2.42. The fourth-order valence-corrected chi connectivity index (χ4v) is 5.08. The van der Waals surface area contributed by atoms with E-state index >= 15 is 0 Å². The zero-order chi connectivity index (χ0) is 24.4. The lowest BCUT2D eigenvalue weighted by atomic mass is 9.57. The highest BCUT2D eigenvalue weighted by Crippen LogP contribution is 2.52. The van der Waals surface area contributed by atoms with E-state index in [1.165, 1.54) is 12.5 Å². The fraction of sp³-hybridized carbons (Fsp3) is 0.621. The molecule has 0 atom stereocenters. The fourth-order valence-electron chi connectivity index (χ4n) is 5.08. The van der Waals surface area contributed by atoms with Crippen molar-refractivity contribution in [3.63, 3.8) is 0 Å². The molecule has 0 fully saturated rings. The monoisotopic (exact) mass is 440 g/mol. The Labute approximate surface area is 195 Å². The van der Waals surface area contributed by atoms with Crippen LogP contribution in [0.5, 0.6) is 5.75 Å². The second-order valence-electron chi connectivity index (χ2n) is 12.7. The van der Waals surface area contributed by atoms with Crippen molar-refractivity contribution in [1.82, 2.24) is 0 Å². The summed E-state index contributed by atoms with van der Waals surface area (Å²) in [4.78, 5) is 11.6. The molecular formula is C29H44O3. The normalized spacial score (nSPS) is 13.8. The number of hydrogen-bond donors (Lipinski definition) is 0. The van der Waals surface area contributed by atoms with Crippen LogP contribution in [0, 0.1) is 28.6 Å². The van der Waals surface area contributed by atoms with Gasteiger partial charge in [-0.3, -0.25) is 0 Å². The average Bonchev–Trinajstić information content (AvgIpc) is 2.57. The number of hydrogen-bond acceptors (Lipinski definition) is 3. The van der Waals surface area contributed by atoms with Crippen LogP contribution in [-0.4, -0.2) is 6.61 Å². The Morgan fingerprint density at radius 3 is 2.12 bits per heavy atom. The summed E-state index contributed by atoms with van der Waals surface area (Å²) in [6.45, 7) is 23.8. The van der Waals surface area contributed by atoms with Crippen LogP contribution in [0.3, 0.4) is 0 Å². The van der Waals surface area contributed by atoms with Gasteiger partial charge in [-0.2, -0.15) is 0 Å². The topological polar surface area (TPSA) is 39.4 Å². The van der Waals surface area contributed by atoms with E-state index in [9.17, 15) is 4.79 Å². The van der Waals surface area contributed by atoms with Gasteiger partial charge in [0, 0.05) is 17.5 Å². The largest absolute Gasteiger partial charge is 0.489 e. The van der Waals surface area contributed by atoms with Crippen LogP contribution >= 0.6 is 0 Å². The molecule has 0 unspecified atom stereocenters. The molecule has 0 bridgehead atoms. The van der Waals surface area contributed by atoms with Crippen LogP contribution in [0.4, 0.5) is 0 Å². The lowest BCUT2D eigenvalue weighted by Gasteiger charge is -2.48. The minimum absolute atomic E-state index is 0.207. The first-order valence-electron chi connectivity index (χ1n) is 11.8. The number of fused-ring (bicyclic) bond motifs is 1. The highest BCUT2D eigenvalue weighted by molar-refractivity contribution is 5.81. The molecule has 1 aromatic heterocycles. The van der Waals surface area contributed by atoms with Gasteiger partial charge in [-0.25, -0.2) is 4.79 Å². The van der Waals surface area contributed by atoms with Crippen molar-refractivity contribution in [3.05, 3.63) is 52.4 Å². The van der Waals surface area contributed by atoms with Gasteiger partial charge in [-0.15, -0.1) is 0 Å². The van der Waals surface area contributed by atoms with E-state index in [4.69, 9.17) is 9.15 Å². The first-order valence-corrected chi connectivity index (χ1v) is 11.8. The second kappa shape index (κ2) is 9.45. The Morgan fingerprint density at radius 1 is 0.875 bits per heavy atom. The van der Waals surface area contributed by atoms with Crippen molar-refractivity contribution in [3.8, 4) is 5.75 Å². The van der Waals surface area contributed by atoms with Gasteiger partial charge < -0.3 is 9.15 Å². The highest BCUT2D eigenvalue weighted by atomic mass is 16.5. The third-order valence-electron chi connectivity index (χ3n) is 6.83. The molecular weight excluding hydrogens is 396 g/mol. The summed E-state index contributed by atoms with van der Waals surface area (Å²) >= 11 is 0. The molecule has 1 heterocycles. The van der Waals surface area contributed by atoms with Crippen LogP contribution in [0.25, 0.3) is 11.0 Å². The van der Waals surface area contributed by atoms with E-state index in [0.29, 0.717) is 23.4 Å². The summed E-state index contributed by atoms with van der Waals surface area (Å²) in [7, 11) is 0. The Balaban J connectivity index is 1.94. The first kappa shape index (κ1) is 26.2. The van der Waals surface area contributed by atoms with Gasteiger partial charge in [0.2, 0.25) is 0 Å². The summed E-state index contributed by atoms with van der Waals surface area (Å²) in [6.07, 6.45) is 7.70. The maximum Gasteiger partial charge on any atom is 0.336 e. The van der Waals surface area contributed by atoms with Gasteiger partial charge in [-0.1, -0.05) is 74.5 Å². The number of ether oxygens (including phenoxy) is 1. The Hall–Kier alpha value is -2.03. The first-order chi connectivity index (χ1) is 14.5. The van der Waals surface area contributed by atoms with Crippen LogP contribution in [-0.2, 0) is 0 Å². The van der Waals surface area contributed by atoms with Gasteiger partial charge in [0.15, 0.2) is 0 Å². The maximum atomic E-state index is 11.6. The predicted molar refractivity (Wildman–Crippen MR) is 137 cm³/mol. The molecule has 178 valence electrons. The molecule has 1 aromatic carbocycles. The molecule has 3 nitrogen and oxygen atoms in total. The number of aryl methyl sites for hydroxylation is 1. The van der Waals surface area contributed by atoms with Gasteiger partial charge in [-0.05, 0) is 65.5 Å². The van der Waals surface area contributed by atoms with Gasteiger partial charge in [0.1, 0.15) is 17.9 Å². The molecule has 0 amide bonds. The zero-order valence-corrected chi connectivity index (χ0v) is 22.0. The van der Waals surface area contributed by atoms with Crippen LogP contribution < -0.4 is 10.4 Å². The van der Waals surface area contributed by atoms with Crippen LogP contribution in [0.2, 0.25) is 0 Å². The molecule has 32 heavy (non-hydrogen) atoms. The van der Waals surface area contributed by atoms with Crippen LogP contribution in [0.15, 0.2) is 45.6 Å². The van der Waals surface area contributed by atoms with Crippen molar-refractivity contribution >= 4 is 11.0 Å². The molecule has 0 spiro atoms. The van der Waals surface area contributed by atoms with Crippen molar-refractivity contribution < 1.29 is 9.15 Å². The summed E-state index contributed by atoms with van der Waals surface area (Å²) < 4.78 is 11.2. The van der Waals surface area contributed by atoms with E-state index in [1.807, 2.05) is 19.1 Å². The minimum Gasteiger partial charge on any atom is -0.489 e. The second-order valence-corrected chi connectivity index (χ2v) is 12.7. The Morgan fingerprint density at radius 2 is 1.50 bits per heavy atom. The molecule has 0 saturated carbocycles. The van der Waals surface area contributed by atoms with Crippen molar-refractivity contribution in [2.75, 3.05) is 6.61 Å². The van der Waals surface area contributed by atoms with Gasteiger partial charge in [0.25, 0.3) is 0 Å². The van der Waals surface area contributed by atoms with E-state index in [-0.39, 0.29) is 21.9 Å². The lowest BCUT2D eigenvalue weighted by molar-refractivity contribution is 0.0191. The van der Waals surface area contributed by atoms with Crippen molar-refractivity contribution in [2.24, 2.45) is 21.7 Å². The molecule has 0 aliphatic carbocycles. The van der Waals surface area contributed by atoms with E-state index in [0.717, 1.165) is 23.8 Å². The molecule has 3 heteroatoms. The van der Waals surface area contributed by atoms with E-state index < -0.39 is 0 Å². The van der Waals surface area contributed by atoms with Gasteiger partial charge >= 0.3 is 5.63 Å². The molecule has 0 N–H and O–H groups in total. The number of rotatable bonds is 9.